The Bertz CT molecular complexity index is 907. The quantitative estimate of drug-likeness (QED) is 0.359. The molecule has 2 aromatic carbocycles. The first-order chi connectivity index (χ1) is 13.1. The Balaban J connectivity index is 1.65. The van der Waals surface area contributed by atoms with Gasteiger partial charge in [0.15, 0.2) is 11.6 Å². The van der Waals surface area contributed by atoms with E-state index in [0.717, 1.165) is 54.8 Å². The molecule has 140 valence electrons. The molecule has 1 fully saturated rings. The number of piperazine rings is 1. The van der Waals surface area contributed by atoms with Gasteiger partial charge in [0.05, 0.1) is 12.1 Å². The largest absolute Gasteiger partial charge is 0.454 e. The number of fused-ring (bicyclic) bond motifs is 2. The second kappa shape index (κ2) is 7.46. The second-order valence-electron chi connectivity index (χ2n) is 6.50. The van der Waals surface area contributed by atoms with Gasteiger partial charge < -0.3 is 20.6 Å². The van der Waals surface area contributed by atoms with Gasteiger partial charge in [-0.1, -0.05) is 28.9 Å². The van der Waals surface area contributed by atoms with E-state index in [4.69, 9.17) is 32.3 Å². The normalized spacial score (nSPS) is 17.4. The van der Waals surface area contributed by atoms with Gasteiger partial charge in [-0.2, -0.15) is 0 Å². The topological polar surface area (TPSA) is 86.7 Å². The van der Waals surface area contributed by atoms with E-state index in [9.17, 15) is 0 Å². The molecule has 1 saturated heterocycles. The maximum Gasteiger partial charge on any atom is 0.153 e. The lowest BCUT2D eigenvalue weighted by Crippen LogP contribution is -2.50. The van der Waals surface area contributed by atoms with E-state index < -0.39 is 0 Å². The maximum atomic E-state index is 8.76. The van der Waals surface area contributed by atoms with Gasteiger partial charge in [0.25, 0.3) is 0 Å². The minimum atomic E-state index is 0.217. The Morgan fingerprint density at radius 1 is 1.15 bits per heavy atom. The van der Waals surface area contributed by atoms with Crippen LogP contribution in [0.3, 0.4) is 0 Å². The Hall–Kier alpha value is -2.77. The predicted octanol–water partition coefficient (Wildman–Crippen LogP) is 2.89. The number of rotatable bonds is 2. The molecule has 0 saturated carbocycles. The highest BCUT2D eigenvalue weighted by Crippen LogP contribution is 2.38. The van der Waals surface area contributed by atoms with Gasteiger partial charge >= 0.3 is 0 Å². The molecule has 0 atom stereocenters. The van der Waals surface area contributed by atoms with E-state index in [1.807, 2.05) is 42.5 Å². The molecule has 0 unspecified atom stereocenters. The highest BCUT2D eigenvalue weighted by atomic mass is 35.5. The Labute approximate surface area is 162 Å². The van der Waals surface area contributed by atoms with Crippen molar-refractivity contribution >= 4 is 29.0 Å². The van der Waals surface area contributed by atoms with Gasteiger partial charge in [0, 0.05) is 31.2 Å². The first-order valence-corrected chi connectivity index (χ1v) is 9.11. The molecule has 0 bridgehead atoms. The summed E-state index contributed by atoms with van der Waals surface area (Å²) in [5.41, 5.74) is 7.29. The van der Waals surface area contributed by atoms with Gasteiger partial charge in [-0.15, -0.1) is 0 Å². The molecule has 0 aromatic heterocycles. The molecule has 27 heavy (non-hydrogen) atoms. The van der Waals surface area contributed by atoms with E-state index in [-0.39, 0.29) is 5.84 Å². The third-order valence-electron chi connectivity index (χ3n) is 4.68. The molecule has 8 heteroatoms. The predicted molar refractivity (Wildman–Crippen MR) is 106 cm³/mol. The SMILES string of the molecule is N/C(CN1CCN(C2=Nc3ccccc3Oc3ccc(Cl)cc32)CC1)=N\O. The summed E-state index contributed by atoms with van der Waals surface area (Å²) in [7, 11) is 0. The molecule has 2 heterocycles. The smallest absolute Gasteiger partial charge is 0.153 e. The number of nitrogens with two attached hydrogens (primary N) is 1. The van der Waals surface area contributed by atoms with Gasteiger partial charge in [-0.3, -0.25) is 4.90 Å². The lowest BCUT2D eigenvalue weighted by molar-refractivity contribution is 0.200. The van der Waals surface area contributed by atoms with Crippen molar-refractivity contribution in [3.63, 3.8) is 0 Å². The minimum absolute atomic E-state index is 0.217. The Morgan fingerprint density at radius 3 is 2.70 bits per heavy atom. The summed E-state index contributed by atoms with van der Waals surface area (Å²) in [6, 6.07) is 13.3. The maximum absolute atomic E-state index is 8.76. The number of amidine groups is 2. The molecule has 0 aliphatic carbocycles. The Kier molecular flexibility index (Phi) is 4.87. The van der Waals surface area contributed by atoms with E-state index in [0.29, 0.717) is 11.6 Å². The van der Waals surface area contributed by atoms with Crippen molar-refractivity contribution in [3.8, 4) is 11.5 Å². The number of benzene rings is 2. The number of aliphatic imine (C=N–C) groups is 1. The van der Waals surface area contributed by atoms with Crippen LogP contribution in [0.15, 0.2) is 52.6 Å². The summed E-state index contributed by atoms with van der Waals surface area (Å²) in [4.78, 5) is 9.27. The number of para-hydroxylation sites is 2. The van der Waals surface area contributed by atoms with Crippen LogP contribution in [0.4, 0.5) is 5.69 Å². The van der Waals surface area contributed by atoms with Crippen LogP contribution in [-0.4, -0.2) is 59.4 Å². The summed E-state index contributed by atoms with van der Waals surface area (Å²) in [6.45, 7) is 3.56. The second-order valence-corrected chi connectivity index (χ2v) is 6.94. The first kappa shape index (κ1) is 17.6. The summed E-state index contributed by atoms with van der Waals surface area (Å²) in [5, 5.41) is 12.5. The molecule has 7 nitrogen and oxygen atoms in total. The highest BCUT2D eigenvalue weighted by molar-refractivity contribution is 6.31. The number of hydrogen-bond donors (Lipinski definition) is 2. The minimum Gasteiger partial charge on any atom is -0.454 e. The van der Waals surface area contributed by atoms with Crippen LogP contribution in [-0.2, 0) is 0 Å². The molecule has 0 amide bonds. The fourth-order valence-corrected chi connectivity index (χ4v) is 3.49. The van der Waals surface area contributed by atoms with Gasteiger partial charge in [-0.25, -0.2) is 4.99 Å². The van der Waals surface area contributed by atoms with Crippen molar-refractivity contribution in [1.82, 2.24) is 9.80 Å². The van der Waals surface area contributed by atoms with Crippen LogP contribution in [0.5, 0.6) is 11.5 Å². The monoisotopic (exact) mass is 385 g/mol. The van der Waals surface area contributed by atoms with E-state index in [1.54, 1.807) is 0 Å². The van der Waals surface area contributed by atoms with Crippen molar-refractivity contribution in [3.05, 3.63) is 53.1 Å². The van der Waals surface area contributed by atoms with Crippen molar-refractivity contribution in [2.75, 3.05) is 32.7 Å². The standard InChI is InChI=1S/C19H20ClN5O2/c20-13-5-6-16-14(11-13)19(22-15-3-1-2-4-17(15)27-16)25-9-7-24(8-10-25)12-18(21)23-26/h1-6,11,26H,7-10,12H2,(H2,21,23). The average molecular weight is 386 g/mol. The van der Waals surface area contributed by atoms with E-state index in [1.165, 1.54) is 0 Å². The highest BCUT2D eigenvalue weighted by Gasteiger charge is 2.26. The number of ether oxygens (including phenoxy) is 1. The van der Waals surface area contributed by atoms with Crippen LogP contribution in [0.25, 0.3) is 0 Å². The molecule has 3 N–H and O–H groups in total. The Morgan fingerprint density at radius 2 is 1.93 bits per heavy atom. The first-order valence-electron chi connectivity index (χ1n) is 8.73. The van der Waals surface area contributed by atoms with E-state index in [2.05, 4.69) is 15.0 Å². The number of nitrogens with zero attached hydrogens (tertiary/aromatic N) is 4. The number of halogens is 1. The molecule has 2 aliphatic rings. The summed E-state index contributed by atoms with van der Waals surface area (Å²) >= 11 is 6.25. The zero-order valence-electron chi connectivity index (χ0n) is 14.7. The molecular weight excluding hydrogens is 366 g/mol. The van der Waals surface area contributed by atoms with Crippen molar-refractivity contribution in [2.24, 2.45) is 15.9 Å². The fraction of sp³-hybridized carbons (Fsp3) is 0.263. The van der Waals surface area contributed by atoms with Crippen LogP contribution in [0.2, 0.25) is 5.02 Å². The molecular formula is C19H20ClN5O2. The lowest BCUT2D eigenvalue weighted by Gasteiger charge is -2.36. The van der Waals surface area contributed by atoms with Gasteiger partial charge in [-0.05, 0) is 30.3 Å². The average Bonchev–Trinajstić information content (AvgIpc) is 2.85. The summed E-state index contributed by atoms with van der Waals surface area (Å²) in [6.07, 6.45) is 0. The van der Waals surface area contributed by atoms with Crippen LogP contribution in [0.1, 0.15) is 5.56 Å². The molecule has 2 aromatic rings. The van der Waals surface area contributed by atoms with Crippen LogP contribution < -0.4 is 10.5 Å². The number of oxime groups is 1. The lowest BCUT2D eigenvalue weighted by atomic mass is 10.1. The zero-order valence-corrected chi connectivity index (χ0v) is 15.4. The van der Waals surface area contributed by atoms with Crippen molar-refractivity contribution in [2.45, 2.75) is 0 Å². The molecule has 0 radical (unpaired) electrons. The number of hydrogen-bond acceptors (Lipinski definition) is 6. The zero-order chi connectivity index (χ0) is 18.8. The summed E-state index contributed by atoms with van der Waals surface area (Å²) < 4.78 is 6.10. The van der Waals surface area contributed by atoms with Gasteiger partial charge in [0.2, 0.25) is 0 Å². The van der Waals surface area contributed by atoms with Crippen molar-refractivity contribution in [1.29, 1.82) is 0 Å². The molecule has 4 rings (SSSR count). The van der Waals surface area contributed by atoms with Crippen LogP contribution in [0, 0.1) is 0 Å². The van der Waals surface area contributed by atoms with Gasteiger partial charge in [0.1, 0.15) is 17.3 Å². The third-order valence-corrected chi connectivity index (χ3v) is 4.92. The fourth-order valence-electron chi connectivity index (χ4n) is 3.31. The van der Waals surface area contributed by atoms with E-state index >= 15 is 0 Å². The molecule has 0 spiro atoms. The van der Waals surface area contributed by atoms with Crippen LogP contribution >= 0.6 is 11.6 Å². The summed E-state index contributed by atoms with van der Waals surface area (Å²) in [5.74, 6) is 2.53. The third kappa shape index (κ3) is 3.70. The van der Waals surface area contributed by atoms with Crippen molar-refractivity contribution < 1.29 is 9.94 Å². The molecule has 2 aliphatic heterocycles.